The summed E-state index contributed by atoms with van der Waals surface area (Å²) in [7, 11) is 0. The van der Waals surface area contributed by atoms with Crippen molar-refractivity contribution in [3.63, 3.8) is 0 Å². The van der Waals surface area contributed by atoms with Crippen LogP contribution in [0.4, 0.5) is 8.78 Å². The van der Waals surface area contributed by atoms with E-state index in [2.05, 4.69) is 5.32 Å². The molecule has 0 spiro atoms. The Morgan fingerprint density at radius 2 is 2.19 bits per heavy atom. The zero-order valence-electron chi connectivity index (χ0n) is 8.78. The number of phenols is 1. The van der Waals surface area contributed by atoms with Gasteiger partial charge >= 0.3 is 0 Å². The molecule has 0 bridgehead atoms. The molecule has 1 aromatic carbocycles. The minimum atomic E-state index is -1.03. The second-order valence-corrected chi connectivity index (χ2v) is 4.65. The van der Waals surface area contributed by atoms with Crippen LogP contribution in [0.15, 0.2) is 6.07 Å². The SMILES string of the molecule is CC1(c2c(O)c(Cl)cc(F)c2F)CCCN1. The molecule has 1 saturated heterocycles. The van der Waals surface area contributed by atoms with Gasteiger partial charge in [0.25, 0.3) is 0 Å². The maximum atomic E-state index is 13.7. The van der Waals surface area contributed by atoms with Crippen LogP contribution in [0, 0.1) is 11.6 Å². The highest BCUT2D eigenvalue weighted by molar-refractivity contribution is 6.32. The van der Waals surface area contributed by atoms with Crippen molar-refractivity contribution in [2.45, 2.75) is 25.3 Å². The van der Waals surface area contributed by atoms with Crippen LogP contribution in [0.5, 0.6) is 5.75 Å². The van der Waals surface area contributed by atoms with E-state index < -0.39 is 17.2 Å². The van der Waals surface area contributed by atoms with Crippen LogP contribution in [0.3, 0.4) is 0 Å². The van der Waals surface area contributed by atoms with E-state index in [1.54, 1.807) is 6.92 Å². The minimum absolute atomic E-state index is 0.0741. The van der Waals surface area contributed by atoms with Crippen molar-refractivity contribution in [3.8, 4) is 5.75 Å². The van der Waals surface area contributed by atoms with Gasteiger partial charge in [-0.25, -0.2) is 8.78 Å². The molecular formula is C11H12ClF2NO. The van der Waals surface area contributed by atoms with Gasteiger partial charge in [0.15, 0.2) is 11.6 Å². The average Bonchev–Trinajstić information content (AvgIpc) is 2.63. The molecule has 1 aliphatic rings. The van der Waals surface area contributed by atoms with Crippen LogP contribution < -0.4 is 5.32 Å². The lowest BCUT2D eigenvalue weighted by molar-refractivity contribution is 0.362. The largest absolute Gasteiger partial charge is 0.506 e. The first-order valence-corrected chi connectivity index (χ1v) is 5.45. The molecule has 0 aliphatic carbocycles. The molecule has 0 amide bonds. The van der Waals surface area contributed by atoms with E-state index in [1.165, 1.54) is 0 Å². The molecule has 2 rings (SSSR count). The summed E-state index contributed by atoms with van der Waals surface area (Å²) in [6.07, 6.45) is 1.49. The van der Waals surface area contributed by atoms with Gasteiger partial charge in [-0.3, -0.25) is 0 Å². The maximum absolute atomic E-state index is 13.7. The second kappa shape index (κ2) is 3.86. The van der Waals surface area contributed by atoms with Gasteiger partial charge < -0.3 is 10.4 Å². The molecule has 5 heteroatoms. The molecule has 1 aromatic rings. The third kappa shape index (κ3) is 1.66. The Hall–Kier alpha value is -0.870. The molecule has 0 radical (unpaired) electrons. The number of hydrogen-bond donors (Lipinski definition) is 2. The van der Waals surface area contributed by atoms with Crippen molar-refractivity contribution in [1.29, 1.82) is 0 Å². The second-order valence-electron chi connectivity index (χ2n) is 4.24. The van der Waals surface area contributed by atoms with E-state index in [4.69, 9.17) is 11.6 Å². The Kier molecular flexibility index (Phi) is 2.80. The predicted octanol–water partition coefficient (Wildman–Crippen LogP) is 2.92. The van der Waals surface area contributed by atoms with Gasteiger partial charge in [0.2, 0.25) is 0 Å². The van der Waals surface area contributed by atoms with E-state index in [-0.39, 0.29) is 16.3 Å². The normalized spacial score (nSPS) is 25.0. The molecule has 1 atom stereocenters. The quantitative estimate of drug-likeness (QED) is 0.748. The fourth-order valence-electron chi connectivity index (χ4n) is 2.20. The number of phenolic OH excluding ortho intramolecular Hbond substituents is 1. The monoisotopic (exact) mass is 247 g/mol. The average molecular weight is 248 g/mol. The number of nitrogens with one attached hydrogen (secondary N) is 1. The Balaban J connectivity index is 2.63. The lowest BCUT2D eigenvalue weighted by Gasteiger charge is -2.26. The summed E-state index contributed by atoms with van der Waals surface area (Å²) in [6, 6.07) is 0.786. The Morgan fingerprint density at radius 1 is 1.50 bits per heavy atom. The van der Waals surface area contributed by atoms with Gasteiger partial charge in [0, 0.05) is 5.54 Å². The lowest BCUT2D eigenvalue weighted by atomic mass is 9.89. The molecule has 0 saturated carbocycles. The van der Waals surface area contributed by atoms with Crippen LogP contribution in [-0.4, -0.2) is 11.7 Å². The van der Waals surface area contributed by atoms with E-state index in [9.17, 15) is 13.9 Å². The van der Waals surface area contributed by atoms with E-state index in [1.807, 2.05) is 0 Å². The lowest BCUT2D eigenvalue weighted by Crippen LogP contribution is -2.34. The molecule has 2 N–H and O–H groups in total. The summed E-state index contributed by atoms with van der Waals surface area (Å²) >= 11 is 5.65. The van der Waals surface area contributed by atoms with E-state index in [0.717, 1.165) is 12.5 Å². The number of hydrogen-bond acceptors (Lipinski definition) is 2. The minimum Gasteiger partial charge on any atom is -0.506 e. The highest BCUT2D eigenvalue weighted by Gasteiger charge is 2.37. The zero-order chi connectivity index (χ0) is 11.9. The number of aromatic hydroxyl groups is 1. The maximum Gasteiger partial charge on any atom is 0.167 e. The summed E-state index contributed by atoms with van der Waals surface area (Å²) in [5, 5.41) is 12.6. The van der Waals surface area contributed by atoms with Crippen molar-refractivity contribution >= 4 is 11.6 Å². The Bertz CT molecular complexity index is 404. The highest BCUT2D eigenvalue weighted by Crippen LogP contribution is 2.41. The summed E-state index contributed by atoms with van der Waals surface area (Å²) < 4.78 is 27.0. The molecule has 1 aliphatic heterocycles. The van der Waals surface area contributed by atoms with Crippen molar-refractivity contribution in [3.05, 3.63) is 28.3 Å². The number of rotatable bonds is 1. The van der Waals surface area contributed by atoms with Gasteiger partial charge in [-0.2, -0.15) is 0 Å². The fourth-order valence-corrected chi connectivity index (χ4v) is 2.39. The van der Waals surface area contributed by atoms with Gasteiger partial charge in [0.1, 0.15) is 5.75 Å². The van der Waals surface area contributed by atoms with Crippen LogP contribution in [0.1, 0.15) is 25.3 Å². The van der Waals surface area contributed by atoms with E-state index >= 15 is 0 Å². The van der Waals surface area contributed by atoms with Gasteiger partial charge in [-0.15, -0.1) is 0 Å². The standard InChI is InChI=1S/C11H12ClF2NO/c1-11(3-2-4-15-11)8-9(14)7(13)5-6(12)10(8)16/h5,15-16H,2-4H2,1H3. The molecule has 1 fully saturated rings. The van der Waals surface area contributed by atoms with Crippen LogP contribution in [0.2, 0.25) is 5.02 Å². The van der Waals surface area contributed by atoms with Gasteiger partial charge in [-0.1, -0.05) is 11.6 Å². The molecule has 0 aromatic heterocycles. The Labute approximate surface area is 97.2 Å². The molecule has 1 unspecified atom stereocenters. The molecule has 2 nitrogen and oxygen atoms in total. The first-order valence-electron chi connectivity index (χ1n) is 5.08. The molecule has 16 heavy (non-hydrogen) atoms. The zero-order valence-corrected chi connectivity index (χ0v) is 9.54. The van der Waals surface area contributed by atoms with E-state index in [0.29, 0.717) is 13.0 Å². The molecular weight excluding hydrogens is 236 g/mol. The number of benzene rings is 1. The van der Waals surface area contributed by atoms with Crippen molar-refractivity contribution in [1.82, 2.24) is 5.32 Å². The topological polar surface area (TPSA) is 32.3 Å². The third-order valence-corrected chi connectivity index (χ3v) is 3.35. The Morgan fingerprint density at radius 3 is 2.75 bits per heavy atom. The smallest absolute Gasteiger partial charge is 0.167 e. The first-order chi connectivity index (χ1) is 7.46. The molecule has 88 valence electrons. The summed E-state index contributed by atoms with van der Waals surface area (Å²) in [6.45, 7) is 2.44. The summed E-state index contributed by atoms with van der Waals surface area (Å²) in [4.78, 5) is 0. The summed E-state index contributed by atoms with van der Waals surface area (Å²) in [5.41, 5.74) is -0.824. The van der Waals surface area contributed by atoms with Crippen LogP contribution >= 0.6 is 11.6 Å². The van der Waals surface area contributed by atoms with Crippen LogP contribution in [0.25, 0.3) is 0 Å². The third-order valence-electron chi connectivity index (χ3n) is 3.07. The summed E-state index contributed by atoms with van der Waals surface area (Å²) in [5.74, 6) is -2.44. The van der Waals surface area contributed by atoms with Crippen molar-refractivity contribution in [2.24, 2.45) is 0 Å². The number of halogens is 3. The fraction of sp³-hybridized carbons (Fsp3) is 0.455. The van der Waals surface area contributed by atoms with Gasteiger partial charge in [0.05, 0.1) is 10.6 Å². The van der Waals surface area contributed by atoms with Crippen LogP contribution in [-0.2, 0) is 5.54 Å². The highest BCUT2D eigenvalue weighted by atomic mass is 35.5. The van der Waals surface area contributed by atoms with Gasteiger partial charge in [-0.05, 0) is 32.4 Å². The molecule has 1 heterocycles. The first kappa shape index (κ1) is 11.6. The van der Waals surface area contributed by atoms with Crippen molar-refractivity contribution < 1.29 is 13.9 Å². The predicted molar refractivity (Wildman–Crippen MR) is 57.6 cm³/mol. The van der Waals surface area contributed by atoms with Crippen molar-refractivity contribution in [2.75, 3.05) is 6.54 Å².